The number of rotatable bonds is 5. The van der Waals surface area contributed by atoms with Crippen LogP contribution in [-0.2, 0) is 4.79 Å². The van der Waals surface area contributed by atoms with Crippen molar-refractivity contribution in [2.45, 2.75) is 18.9 Å². The normalized spacial score (nSPS) is 16.2. The summed E-state index contributed by atoms with van der Waals surface area (Å²) in [5.74, 6) is -0.157. The molecule has 3 aromatic carbocycles. The van der Waals surface area contributed by atoms with Crippen molar-refractivity contribution < 1.29 is 9.90 Å². The molecule has 0 bridgehead atoms. The lowest BCUT2D eigenvalue weighted by molar-refractivity contribution is -0.126. The average Bonchev–Trinajstić information content (AvgIpc) is 3.52. The number of benzene rings is 3. The Morgan fingerprint density at radius 2 is 1.62 bits per heavy atom. The van der Waals surface area contributed by atoms with E-state index in [1.807, 2.05) is 66.7 Å². The van der Waals surface area contributed by atoms with Gasteiger partial charge in [-0.1, -0.05) is 54.6 Å². The van der Waals surface area contributed by atoms with Gasteiger partial charge in [0.2, 0.25) is 5.91 Å². The highest BCUT2D eigenvalue weighted by molar-refractivity contribution is 5.95. The molecule has 1 fully saturated rings. The van der Waals surface area contributed by atoms with Crippen LogP contribution < -0.4 is 4.90 Å². The van der Waals surface area contributed by atoms with Crippen LogP contribution in [0, 0.1) is 11.8 Å². The van der Waals surface area contributed by atoms with E-state index in [9.17, 15) is 9.90 Å². The quantitative estimate of drug-likeness (QED) is 0.736. The Bertz CT molecular complexity index is 918. The number of nitrogens with zero attached hydrogens (tertiary/aromatic N) is 1. The molecule has 3 heteroatoms. The lowest BCUT2D eigenvalue weighted by atomic mass is 9.89. The first-order chi connectivity index (χ1) is 12.6. The van der Waals surface area contributed by atoms with Crippen molar-refractivity contribution >= 4 is 22.4 Å². The third-order valence-corrected chi connectivity index (χ3v) is 5.34. The third-order valence-electron chi connectivity index (χ3n) is 5.34. The van der Waals surface area contributed by atoms with E-state index in [2.05, 4.69) is 6.07 Å². The average molecular weight is 345 g/mol. The van der Waals surface area contributed by atoms with Crippen molar-refractivity contribution in [3.63, 3.8) is 0 Å². The van der Waals surface area contributed by atoms with Gasteiger partial charge in [-0.05, 0) is 53.3 Å². The second kappa shape index (κ2) is 6.93. The standard InChI is InChI=1S/C23H23NO2/c1-24(20-9-3-2-4-10-20)23(26)21(17-12-13-17)22(25)19-14-11-16-7-5-6-8-18(16)15-19/h2-11,14-15,17,21-22,25H,12-13H2,1H3/t21-,22-/m1/s1. The molecule has 132 valence electrons. The maximum absolute atomic E-state index is 13.2. The Morgan fingerprint density at radius 1 is 0.962 bits per heavy atom. The molecule has 0 aromatic heterocycles. The fourth-order valence-corrected chi connectivity index (χ4v) is 3.65. The Kier molecular flexibility index (Phi) is 4.48. The summed E-state index contributed by atoms with van der Waals surface area (Å²) >= 11 is 0. The molecule has 2 atom stereocenters. The van der Waals surface area contributed by atoms with Crippen LogP contribution in [0.2, 0.25) is 0 Å². The van der Waals surface area contributed by atoms with Gasteiger partial charge in [-0.3, -0.25) is 4.79 Å². The molecule has 1 aliphatic carbocycles. The second-order valence-corrected chi connectivity index (χ2v) is 7.15. The van der Waals surface area contributed by atoms with E-state index in [-0.39, 0.29) is 11.8 Å². The Balaban J connectivity index is 1.64. The number of fused-ring (bicyclic) bond motifs is 1. The maximum atomic E-state index is 13.2. The first-order valence-corrected chi connectivity index (χ1v) is 9.14. The third kappa shape index (κ3) is 3.23. The van der Waals surface area contributed by atoms with Crippen molar-refractivity contribution in [1.29, 1.82) is 0 Å². The van der Waals surface area contributed by atoms with Crippen molar-refractivity contribution in [2.75, 3.05) is 11.9 Å². The monoisotopic (exact) mass is 345 g/mol. The summed E-state index contributed by atoms with van der Waals surface area (Å²) < 4.78 is 0. The highest BCUT2D eigenvalue weighted by Gasteiger charge is 2.42. The SMILES string of the molecule is CN(C(=O)[C@H](C1CC1)[C@H](O)c1ccc2ccccc2c1)c1ccccc1. The van der Waals surface area contributed by atoms with Crippen LogP contribution in [0.5, 0.6) is 0 Å². The number of para-hydroxylation sites is 1. The highest BCUT2D eigenvalue weighted by Crippen LogP contribution is 2.44. The molecule has 1 aliphatic rings. The fourth-order valence-electron chi connectivity index (χ4n) is 3.65. The van der Waals surface area contributed by atoms with Crippen molar-refractivity contribution in [2.24, 2.45) is 11.8 Å². The Labute approximate surface area is 153 Å². The number of hydrogen-bond donors (Lipinski definition) is 1. The van der Waals surface area contributed by atoms with E-state index >= 15 is 0 Å². The van der Waals surface area contributed by atoms with E-state index in [0.29, 0.717) is 0 Å². The minimum Gasteiger partial charge on any atom is -0.388 e. The van der Waals surface area contributed by atoms with Gasteiger partial charge in [0.15, 0.2) is 0 Å². The predicted octanol–water partition coefficient (Wildman–Crippen LogP) is 4.56. The summed E-state index contributed by atoms with van der Waals surface area (Å²) in [4.78, 5) is 14.8. The fraction of sp³-hybridized carbons (Fsp3) is 0.261. The molecule has 4 rings (SSSR count). The number of amides is 1. The Hall–Kier alpha value is -2.65. The van der Waals surface area contributed by atoms with Crippen LogP contribution in [0.4, 0.5) is 5.69 Å². The van der Waals surface area contributed by atoms with E-state index in [1.54, 1.807) is 11.9 Å². The van der Waals surface area contributed by atoms with Crippen LogP contribution in [0.1, 0.15) is 24.5 Å². The van der Waals surface area contributed by atoms with Crippen molar-refractivity contribution in [3.05, 3.63) is 78.4 Å². The van der Waals surface area contributed by atoms with E-state index < -0.39 is 12.0 Å². The van der Waals surface area contributed by atoms with Crippen LogP contribution >= 0.6 is 0 Å². The first-order valence-electron chi connectivity index (χ1n) is 9.14. The molecule has 0 saturated heterocycles. The van der Waals surface area contributed by atoms with Crippen LogP contribution in [0.15, 0.2) is 72.8 Å². The molecular weight excluding hydrogens is 322 g/mol. The molecule has 0 aliphatic heterocycles. The van der Waals surface area contributed by atoms with Crippen LogP contribution in [-0.4, -0.2) is 18.1 Å². The molecule has 0 radical (unpaired) electrons. The van der Waals surface area contributed by atoms with Crippen LogP contribution in [0.25, 0.3) is 10.8 Å². The number of aliphatic hydroxyl groups excluding tert-OH is 1. The summed E-state index contributed by atoms with van der Waals surface area (Å²) in [6, 6.07) is 23.7. The maximum Gasteiger partial charge on any atom is 0.233 e. The minimum atomic E-state index is -0.786. The molecule has 1 N–H and O–H groups in total. The molecule has 1 saturated carbocycles. The van der Waals surface area contributed by atoms with Gasteiger partial charge in [-0.25, -0.2) is 0 Å². The molecule has 3 nitrogen and oxygen atoms in total. The zero-order valence-corrected chi connectivity index (χ0v) is 14.9. The summed E-state index contributed by atoms with van der Waals surface area (Å²) in [5.41, 5.74) is 1.67. The number of anilines is 1. The number of aliphatic hydroxyl groups is 1. The van der Waals surface area contributed by atoms with Gasteiger partial charge in [0.1, 0.15) is 0 Å². The Morgan fingerprint density at radius 3 is 2.31 bits per heavy atom. The summed E-state index contributed by atoms with van der Waals surface area (Å²) in [6.45, 7) is 0. The van der Waals surface area contributed by atoms with Gasteiger partial charge < -0.3 is 10.0 Å². The summed E-state index contributed by atoms with van der Waals surface area (Å²) in [7, 11) is 1.79. The van der Waals surface area contributed by atoms with E-state index in [1.165, 1.54) is 0 Å². The van der Waals surface area contributed by atoms with Gasteiger partial charge in [-0.2, -0.15) is 0 Å². The van der Waals surface area contributed by atoms with E-state index in [4.69, 9.17) is 0 Å². The van der Waals surface area contributed by atoms with Crippen LogP contribution in [0.3, 0.4) is 0 Å². The van der Waals surface area contributed by atoms with E-state index in [0.717, 1.165) is 34.9 Å². The second-order valence-electron chi connectivity index (χ2n) is 7.15. The first kappa shape index (κ1) is 16.8. The van der Waals surface area contributed by atoms with Gasteiger partial charge in [0, 0.05) is 12.7 Å². The molecule has 26 heavy (non-hydrogen) atoms. The summed E-state index contributed by atoms with van der Waals surface area (Å²) in [6.07, 6.45) is 1.22. The largest absolute Gasteiger partial charge is 0.388 e. The number of hydrogen-bond acceptors (Lipinski definition) is 2. The molecule has 0 spiro atoms. The zero-order valence-electron chi connectivity index (χ0n) is 14.9. The highest BCUT2D eigenvalue weighted by atomic mass is 16.3. The van der Waals surface area contributed by atoms with Crippen molar-refractivity contribution in [3.8, 4) is 0 Å². The smallest absolute Gasteiger partial charge is 0.233 e. The van der Waals surface area contributed by atoms with Crippen molar-refractivity contribution in [1.82, 2.24) is 0 Å². The minimum absolute atomic E-state index is 0.0145. The van der Waals surface area contributed by atoms with Gasteiger partial charge >= 0.3 is 0 Å². The van der Waals surface area contributed by atoms with Gasteiger partial charge in [0.25, 0.3) is 0 Å². The molecule has 0 heterocycles. The predicted molar refractivity (Wildman–Crippen MR) is 105 cm³/mol. The lowest BCUT2D eigenvalue weighted by Gasteiger charge is -2.28. The molecule has 3 aromatic rings. The number of carbonyl (C=O) groups is 1. The molecule has 1 amide bonds. The molecule has 0 unspecified atom stereocenters. The zero-order chi connectivity index (χ0) is 18.1. The van der Waals surface area contributed by atoms with Gasteiger partial charge in [0.05, 0.1) is 12.0 Å². The molecular formula is C23H23NO2. The number of carbonyl (C=O) groups excluding carboxylic acids is 1. The topological polar surface area (TPSA) is 40.5 Å². The van der Waals surface area contributed by atoms with Gasteiger partial charge in [-0.15, -0.1) is 0 Å². The summed E-state index contributed by atoms with van der Waals surface area (Å²) in [5, 5.41) is 13.3. The lowest BCUT2D eigenvalue weighted by Crippen LogP contribution is -2.37.